The molecule has 0 aromatic heterocycles. The van der Waals surface area contributed by atoms with Gasteiger partial charge in [0, 0.05) is 6.54 Å². The predicted octanol–water partition coefficient (Wildman–Crippen LogP) is 2.60. The molecule has 0 bridgehead atoms. The summed E-state index contributed by atoms with van der Waals surface area (Å²) in [6.07, 6.45) is -3.87. The lowest BCUT2D eigenvalue weighted by Crippen LogP contribution is -2.44. The quantitative estimate of drug-likeness (QED) is 0.905. The lowest BCUT2D eigenvalue weighted by Gasteiger charge is -2.20. The van der Waals surface area contributed by atoms with Gasteiger partial charge < -0.3 is 9.47 Å². The van der Waals surface area contributed by atoms with Crippen molar-refractivity contribution in [1.29, 1.82) is 0 Å². The fourth-order valence-corrected chi connectivity index (χ4v) is 2.01. The first kappa shape index (κ1) is 11.6. The summed E-state index contributed by atoms with van der Waals surface area (Å²) < 4.78 is 48.5. The van der Waals surface area contributed by atoms with Crippen LogP contribution in [0.15, 0.2) is 18.2 Å². The Bertz CT molecular complexity index is 469. The molecule has 3 nitrogen and oxygen atoms in total. The molecule has 0 atom stereocenters. The van der Waals surface area contributed by atoms with E-state index < -0.39 is 11.7 Å². The summed E-state index contributed by atoms with van der Waals surface area (Å²) in [5.41, 5.74) is -0.918. The van der Waals surface area contributed by atoms with Gasteiger partial charge in [-0.25, -0.2) is 0 Å². The molecular formula is C12H12F3NO2. The van der Waals surface area contributed by atoms with E-state index in [9.17, 15) is 13.2 Å². The third kappa shape index (κ3) is 1.90. The Hall–Kier alpha value is -1.43. The first-order valence-corrected chi connectivity index (χ1v) is 5.70. The summed E-state index contributed by atoms with van der Waals surface area (Å²) >= 11 is 0. The zero-order chi connectivity index (χ0) is 12.8. The van der Waals surface area contributed by atoms with Crippen molar-refractivity contribution < 1.29 is 22.6 Å². The zero-order valence-corrected chi connectivity index (χ0v) is 9.51. The van der Waals surface area contributed by atoms with E-state index in [2.05, 4.69) is 5.32 Å². The summed E-state index contributed by atoms with van der Waals surface area (Å²) in [6.45, 7) is 0.342. The first-order chi connectivity index (χ1) is 8.50. The number of alkyl halides is 3. The maximum atomic E-state index is 12.7. The summed E-state index contributed by atoms with van der Waals surface area (Å²) in [6, 6.07) is 5.17. The maximum absolute atomic E-state index is 12.7. The van der Waals surface area contributed by atoms with Crippen LogP contribution in [0.2, 0.25) is 0 Å². The first-order valence-electron chi connectivity index (χ1n) is 5.70. The highest BCUT2D eigenvalue weighted by Gasteiger charge is 2.62. The minimum Gasteiger partial charge on any atom is -0.454 e. The van der Waals surface area contributed by atoms with Gasteiger partial charge in [0.05, 0.1) is 0 Å². The van der Waals surface area contributed by atoms with Crippen LogP contribution in [0.1, 0.15) is 18.4 Å². The average molecular weight is 259 g/mol. The standard InChI is InChI=1S/C12H12F3NO2/c13-12(14,15)11(3-4-11)16-6-8-1-2-9-10(5-8)18-7-17-9/h1-2,5,16H,3-4,6-7H2. The summed E-state index contributed by atoms with van der Waals surface area (Å²) in [5.74, 6) is 1.22. The molecule has 0 radical (unpaired) electrons. The minimum atomic E-state index is -4.18. The van der Waals surface area contributed by atoms with E-state index in [0.29, 0.717) is 11.5 Å². The van der Waals surface area contributed by atoms with E-state index in [1.54, 1.807) is 18.2 Å². The largest absolute Gasteiger partial charge is 0.454 e. The monoisotopic (exact) mass is 259 g/mol. The summed E-state index contributed by atoms with van der Waals surface area (Å²) in [7, 11) is 0. The lowest BCUT2D eigenvalue weighted by molar-refractivity contribution is -0.166. The Morgan fingerprint density at radius 1 is 1.17 bits per heavy atom. The van der Waals surface area contributed by atoms with Crippen molar-refractivity contribution in [2.24, 2.45) is 0 Å². The normalized spacial score (nSPS) is 19.9. The number of hydrogen-bond donors (Lipinski definition) is 1. The van der Waals surface area contributed by atoms with Crippen molar-refractivity contribution in [2.45, 2.75) is 31.1 Å². The minimum absolute atomic E-state index is 0.154. The molecule has 6 heteroatoms. The van der Waals surface area contributed by atoms with Crippen LogP contribution in [0, 0.1) is 0 Å². The highest BCUT2D eigenvalue weighted by atomic mass is 19.4. The third-order valence-electron chi connectivity index (χ3n) is 3.36. The molecule has 1 aromatic rings. The smallest absolute Gasteiger partial charge is 0.406 e. The number of nitrogens with one attached hydrogen (secondary N) is 1. The van der Waals surface area contributed by atoms with Crippen LogP contribution in [0.3, 0.4) is 0 Å². The Labute approximate surface area is 102 Å². The molecule has 1 fully saturated rings. The number of ether oxygens (including phenoxy) is 2. The Morgan fingerprint density at radius 3 is 2.56 bits per heavy atom. The molecule has 1 N–H and O–H groups in total. The topological polar surface area (TPSA) is 30.5 Å². The molecule has 18 heavy (non-hydrogen) atoms. The number of rotatable bonds is 3. The Balaban J connectivity index is 1.68. The molecule has 1 aliphatic carbocycles. The van der Waals surface area contributed by atoms with Gasteiger partial charge in [-0.15, -0.1) is 0 Å². The number of hydrogen-bond acceptors (Lipinski definition) is 3. The molecule has 3 rings (SSSR count). The van der Waals surface area contributed by atoms with Crippen LogP contribution >= 0.6 is 0 Å². The van der Waals surface area contributed by atoms with Crippen molar-refractivity contribution >= 4 is 0 Å². The average Bonchev–Trinajstić information content (AvgIpc) is 2.98. The van der Waals surface area contributed by atoms with Crippen LogP contribution in [0.5, 0.6) is 11.5 Å². The number of benzene rings is 1. The molecule has 1 heterocycles. The molecular weight excluding hydrogens is 247 g/mol. The van der Waals surface area contributed by atoms with Crippen molar-refractivity contribution in [3.8, 4) is 11.5 Å². The predicted molar refractivity (Wildman–Crippen MR) is 57.4 cm³/mol. The molecule has 0 amide bonds. The van der Waals surface area contributed by atoms with Crippen molar-refractivity contribution in [3.05, 3.63) is 23.8 Å². The van der Waals surface area contributed by atoms with Gasteiger partial charge in [-0.3, -0.25) is 5.32 Å². The second-order valence-electron chi connectivity index (χ2n) is 4.62. The fraction of sp³-hybridized carbons (Fsp3) is 0.500. The molecule has 1 aromatic carbocycles. The van der Waals surface area contributed by atoms with Crippen molar-refractivity contribution in [1.82, 2.24) is 5.32 Å². The van der Waals surface area contributed by atoms with E-state index in [4.69, 9.17) is 9.47 Å². The third-order valence-corrected chi connectivity index (χ3v) is 3.36. The number of fused-ring (bicyclic) bond motifs is 1. The van der Waals surface area contributed by atoms with Crippen LogP contribution < -0.4 is 14.8 Å². The van der Waals surface area contributed by atoms with Gasteiger partial charge in [0.25, 0.3) is 0 Å². The van der Waals surface area contributed by atoms with Gasteiger partial charge in [-0.05, 0) is 30.5 Å². The van der Waals surface area contributed by atoms with E-state index in [-0.39, 0.29) is 26.2 Å². The van der Waals surface area contributed by atoms with Crippen LogP contribution in [0.4, 0.5) is 13.2 Å². The molecule has 0 saturated heterocycles. The molecule has 0 spiro atoms. The molecule has 0 unspecified atom stereocenters. The molecule has 2 aliphatic rings. The van der Waals surface area contributed by atoms with Crippen LogP contribution in [-0.4, -0.2) is 18.5 Å². The fourth-order valence-electron chi connectivity index (χ4n) is 2.01. The second kappa shape index (κ2) is 3.78. The van der Waals surface area contributed by atoms with Crippen LogP contribution in [-0.2, 0) is 6.54 Å². The van der Waals surface area contributed by atoms with Gasteiger partial charge in [-0.1, -0.05) is 6.07 Å². The Morgan fingerprint density at radius 2 is 1.89 bits per heavy atom. The second-order valence-corrected chi connectivity index (χ2v) is 4.62. The van der Waals surface area contributed by atoms with E-state index in [1.165, 1.54) is 0 Å². The lowest BCUT2D eigenvalue weighted by atomic mass is 10.1. The molecule has 1 aliphatic heterocycles. The zero-order valence-electron chi connectivity index (χ0n) is 9.51. The van der Waals surface area contributed by atoms with Gasteiger partial charge >= 0.3 is 6.18 Å². The van der Waals surface area contributed by atoms with Crippen molar-refractivity contribution in [2.75, 3.05) is 6.79 Å². The molecule has 1 saturated carbocycles. The van der Waals surface area contributed by atoms with E-state index in [1.807, 2.05) is 0 Å². The van der Waals surface area contributed by atoms with Gasteiger partial charge in [0.2, 0.25) is 6.79 Å². The van der Waals surface area contributed by atoms with Gasteiger partial charge in [0.1, 0.15) is 5.54 Å². The van der Waals surface area contributed by atoms with E-state index >= 15 is 0 Å². The van der Waals surface area contributed by atoms with Gasteiger partial charge in [-0.2, -0.15) is 13.2 Å². The number of halogens is 3. The maximum Gasteiger partial charge on any atom is 0.406 e. The molecule has 98 valence electrons. The summed E-state index contributed by atoms with van der Waals surface area (Å²) in [4.78, 5) is 0. The highest BCUT2D eigenvalue weighted by molar-refractivity contribution is 5.44. The van der Waals surface area contributed by atoms with Gasteiger partial charge in [0.15, 0.2) is 11.5 Å². The SMILES string of the molecule is FC(F)(F)C1(NCc2ccc3c(c2)OCO3)CC1. The highest BCUT2D eigenvalue weighted by Crippen LogP contribution is 2.49. The van der Waals surface area contributed by atoms with Crippen LogP contribution in [0.25, 0.3) is 0 Å². The Kier molecular flexibility index (Phi) is 2.45. The summed E-state index contributed by atoms with van der Waals surface area (Å²) in [5, 5.41) is 2.60. The van der Waals surface area contributed by atoms with E-state index in [0.717, 1.165) is 5.56 Å². The van der Waals surface area contributed by atoms with Crippen molar-refractivity contribution in [3.63, 3.8) is 0 Å².